The molecule has 3 aliphatic heterocycles. The van der Waals surface area contributed by atoms with Gasteiger partial charge in [-0.1, -0.05) is 18.5 Å². The lowest BCUT2D eigenvalue weighted by Crippen LogP contribution is -2.47. The first-order valence-electron chi connectivity index (χ1n) is 21.8. The number of hydrogen-bond donors (Lipinski definition) is 2. The first-order chi connectivity index (χ1) is 29.1. The normalized spacial score (nSPS) is 19.5. The molecular formula is C42H66ClN9O7S. The monoisotopic (exact) mass is 875 g/mol. The minimum absolute atomic E-state index is 0.208. The smallest absolute Gasteiger partial charge is 0.256 e. The van der Waals surface area contributed by atoms with Crippen LogP contribution in [0.5, 0.6) is 0 Å². The highest BCUT2D eigenvalue weighted by molar-refractivity contribution is 7.92. The van der Waals surface area contributed by atoms with Crippen LogP contribution in [0.25, 0.3) is 5.65 Å². The van der Waals surface area contributed by atoms with E-state index in [9.17, 15) is 13.2 Å². The Morgan fingerprint density at radius 3 is 2.25 bits per heavy atom. The van der Waals surface area contributed by atoms with E-state index in [-0.39, 0.29) is 23.2 Å². The fraction of sp³-hybridized carbons (Fsp3) is 0.690. The number of nitrogens with one attached hydrogen (secondary N) is 2. The minimum atomic E-state index is -3.61. The first kappa shape index (κ1) is 46.4. The molecule has 18 heteroatoms. The number of amides is 1. The van der Waals surface area contributed by atoms with Crippen LogP contribution in [0.1, 0.15) is 73.1 Å². The zero-order valence-electron chi connectivity index (χ0n) is 35.8. The van der Waals surface area contributed by atoms with E-state index >= 15 is 0 Å². The van der Waals surface area contributed by atoms with Crippen molar-refractivity contribution >= 4 is 44.7 Å². The van der Waals surface area contributed by atoms with E-state index in [1.165, 1.54) is 12.1 Å². The molecule has 0 unspecified atom stereocenters. The molecule has 60 heavy (non-hydrogen) atoms. The van der Waals surface area contributed by atoms with Gasteiger partial charge in [-0.3, -0.25) is 14.4 Å². The summed E-state index contributed by atoms with van der Waals surface area (Å²) in [6.07, 6.45) is 8.83. The molecule has 3 saturated heterocycles. The number of aromatic nitrogens is 3. The number of likely N-dealkylation sites (tertiary alicyclic amines) is 1. The molecule has 0 radical (unpaired) electrons. The van der Waals surface area contributed by atoms with E-state index in [1.807, 2.05) is 16.8 Å². The van der Waals surface area contributed by atoms with Gasteiger partial charge in [0.05, 0.1) is 75.5 Å². The van der Waals surface area contributed by atoms with Gasteiger partial charge in [-0.25, -0.2) is 17.9 Å². The number of carbonyl (C=O) groups is 1. The number of benzene rings is 1. The van der Waals surface area contributed by atoms with Crippen molar-refractivity contribution in [1.29, 1.82) is 0 Å². The number of piperidine rings is 1. The highest BCUT2D eigenvalue weighted by atomic mass is 35.5. The molecule has 16 nitrogen and oxygen atoms in total. The molecule has 5 heterocycles. The average molecular weight is 877 g/mol. The molecule has 0 aliphatic carbocycles. The molecule has 0 saturated carbocycles. The van der Waals surface area contributed by atoms with Gasteiger partial charge in [-0.15, -0.1) is 0 Å². The van der Waals surface area contributed by atoms with Gasteiger partial charge in [0.1, 0.15) is 5.82 Å². The minimum Gasteiger partial charge on any atom is -0.379 e. The van der Waals surface area contributed by atoms with Gasteiger partial charge >= 0.3 is 0 Å². The van der Waals surface area contributed by atoms with Crippen LogP contribution in [0.2, 0.25) is 5.02 Å². The quantitative estimate of drug-likeness (QED) is 0.124. The number of aryl methyl sites for hydroxylation is 1. The highest BCUT2D eigenvalue weighted by Crippen LogP contribution is 2.34. The Morgan fingerprint density at radius 2 is 1.55 bits per heavy atom. The number of piperazine rings is 1. The second-order valence-corrected chi connectivity index (χ2v) is 18.3. The first-order valence-corrected chi connectivity index (χ1v) is 24.0. The maximum Gasteiger partial charge on any atom is 0.256 e. The molecule has 0 bridgehead atoms. The molecule has 2 aromatic heterocycles. The molecule has 3 aliphatic rings. The van der Waals surface area contributed by atoms with Crippen LogP contribution in [-0.4, -0.2) is 174 Å². The van der Waals surface area contributed by atoms with Crippen LogP contribution in [0.4, 0.5) is 11.5 Å². The van der Waals surface area contributed by atoms with Gasteiger partial charge in [-0.05, 0) is 76.7 Å². The Labute approximate surface area is 361 Å². The molecular weight excluding hydrogens is 810 g/mol. The average Bonchev–Trinajstić information content (AvgIpc) is 3.88. The van der Waals surface area contributed by atoms with E-state index in [1.54, 1.807) is 11.0 Å². The van der Waals surface area contributed by atoms with Crippen LogP contribution in [0.15, 0.2) is 30.5 Å². The molecule has 6 rings (SSSR count). The molecule has 334 valence electrons. The lowest BCUT2D eigenvalue weighted by molar-refractivity contribution is -0.00508. The summed E-state index contributed by atoms with van der Waals surface area (Å²) >= 11 is 6.28. The predicted octanol–water partition coefficient (Wildman–Crippen LogP) is 4.08. The second kappa shape index (κ2) is 23.4. The Balaban J connectivity index is 0.891. The summed E-state index contributed by atoms with van der Waals surface area (Å²) in [6, 6.07) is 6.73. The molecule has 0 spiro atoms. The number of anilines is 2. The lowest BCUT2D eigenvalue weighted by atomic mass is 9.98. The summed E-state index contributed by atoms with van der Waals surface area (Å²) in [7, 11) is -3.61. The van der Waals surface area contributed by atoms with Gasteiger partial charge in [0.15, 0.2) is 5.65 Å². The number of halogens is 1. The summed E-state index contributed by atoms with van der Waals surface area (Å²) < 4.78 is 50.7. The third-order valence-electron chi connectivity index (χ3n) is 11.3. The third kappa shape index (κ3) is 13.9. The third-order valence-corrected chi connectivity index (χ3v) is 12.1. The number of carbonyl (C=O) groups excluding carboxylic acids is 1. The number of nitrogens with zero attached hydrogens (tertiary/aromatic N) is 7. The van der Waals surface area contributed by atoms with Crippen molar-refractivity contribution in [2.24, 2.45) is 0 Å². The zero-order valence-corrected chi connectivity index (χ0v) is 37.4. The Bertz CT molecular complexity index is 1910. The van der Waals surface area contributed by atoms with Crippen LogP contribution >= 0.6 is 11.6 Å². The van der Waals surface area contributed by atoms with Gasteiger partial charge in [0, 0.05) is 87.9 Å². The van der Waals surface area contributed by atoms with Gasteiger partial charge in [0.25, 0.3) is 5.91 Å². The SMILES string of the molecule is CCCOCCOCCOCCOCCN1CCN(CCCN[C@H]2CCN(c3nc4cc([C@H]5CCCCN5C(=O)c5cc(Cl)ccc5NS(C)(=O)=O)nn4cc3C)C2)CC1. The maximum atomic E-state index is 14.0. The lowest BCUT2D eigenvalue weighted by Gasteiger charge is -2.35. The molecule has 2 N–H and O–H groups in total. The summed E-state index contributed by atoms with van der Waals surface area (Å²) in [5, 5.41) is 9.07. The summed E-state index contributed by atoms with van der Waals surface area (Å²) in [5.41, 5.74) is 2.97. The topological polar surface area (TPSA) is 155 Å². The van der Waals surface area contributed by atoms with E-state index in [0.29, 0.717) is 57.3 Å². The fourth-order valence-corrected chi connectivity index (χ4v) is 8.94. The molecule has 2 atom stereocenters. The highest BCUT2D eigenvalue weighted by Gasteiger charge is 2.33. The van der Waals surface area contributed by atoms with Crippen molar-refractivity contribution in [3.63, 3.8) is 0 Å². The van der Waals surface area contributed by atoms with E-state index in [4.69, 9.17) is 40.6 Å². The zero-order chi connectivity index (χ0) is 42.3. The fourth-order valence-electron chi connectivity index (χ4n) is 8.19. The van der Waals surface area contributed by atoms with Crippen LogP contribution < -0.4 is 14.9 Å². The molecule has 1 amide bonds. The maximum absolute atomic E-state index is 14.0. The van der Waals surface area contributed by atoms with Crippen molar-refractivity contribution in [2.75, 3.05) is 134 Å². The summed E-state index contributed by atoms with van der Waals surface area (Å²) in [6.45, 7) is 19.0. The summed E-state index contributed by atoms with van der Waals surface area (Å²) in [5.74, 6) is 0.679. The number of ether oxygens (including phenoxy) is 4. The Hall–Kier alpha value is -3.13. The molecule has 3 fully saturated rings. The van der Waals surface area contributed by atoms with Crippen molar-refractivity contribution in [3.05, 3.63) is 52.3 Å². The predicted molar refractivity (Wildman–Crippen MR) is 235 cm³/mol. The number of hydrogen-bond acceptors (Lipinski definition) is 13. The van der Waals surface area contributed by atoms with E-state index < -0.39 is 10.0 Å². The number of sulfonamides is 1. The van der Waals surface area contributed by atoms with Gasteiger partial charge < -0.3 is 39.0 Å². The van der Waals surface area contributed by atoms with Crippen molar-refractivity contribution < 1.29 is 32.2 Å². The van der Waals surface area contributed by atoms with Crippen molar-refractivity contribution in [3.8, 4) is 0 Å². The molecule has 1 aromatic carbocycles. The number of fused-ring (bicyclic) bond motifs is 1. The van der Waals surface area contributed by atoms with Gasteiger partial charge in [0.2, 0.25) is 10.0 Å². The van der Waals surface area contributed by atoms with Crippen LogP contribution in [0, 0.1) is 6.92 Å². The van der Waals surface area contributed by atoms with Crippen LogP contribution in [-0.2, 0) is 29.0 Å². The van der Waals surface area contributed by atoms with E-state index in [0.717, 1.165) is 140 Å². The number of rotatable bonds is 24. The standard InChI is InChI=1S/C42H66ClN9O7S/c1-4-21-56-23-25-58-27-28-59-26-24-57-22-20-49-18-16-48(17-19-49)13-7-12-44-35-11-15-50(32-35)41-33(2)31-52-40(45-41)30-38(46-52)39-8-5-6-14-51(39)42(53)36-29-34(43)9-10-37(36)47-60(3,54)55/h9-10,29-31,35,39,44,47H,4-8,11-28,32H2,1-3H3/t35-,39+/m0/s1. The second-order valence-electron chi connectivity index (χ2n) is 16.1. The van der Waals surface area contributed by atoms with Crippen molar-refractivity contribution in [1.82, 2.24) is 34.6 Å². The Kier molecular flexibility index (Phi) is 18.0. The van der Waals surface area contributed by atoms with E-state index in [2.05, 4.69) is 38.6 Å². The molecule has 3 aromatic rings. The summed E-state index contributed by atoms with van der Waals surface area (Å²) in [4.78, 5) is 28.3. The van der Waals surface area contributed by atoms with Crippen LogP contribution in [0.3, 0.4) is 0 Å². The van der Waals surface area contributed by atoms with Gasteiger partial charge in [-0.2, -0.15) is 5.10 Å². The Morgan fingerprint density at radius 1 is 0.867 bits per heavy atom. The van der Waals surface area contributed by atoms with Crippen molar-refractivity contribution in [2.45, 2.75) is 64.5 Å². The largest absolute Gasteiger partial charge is 0.379 e.